The minimum absolute atomic E-state index is 0. The minimum atomic E-state index is -2.38. The third-order valence-electron chi connectivity index (χ3n) is 7.76. The number of anilines is 1. The molecule has 13 heteroatoms. The highest BCUT2D eigenvalue weighted by Crippen LogP contribution is 2.54. The van der Waals surface area contributed by atoms with Crippen molar-refractivity contribution in [2.45, 2.75) is 63.1 Å². The molecule has 4 rings (SSSR count). The first-order valence-corrected chi connectivity index (χ1v) is 12.6. The van der Waals surface area contributed by atoms with E-state index in [1.165, 1.54) is 12.1 Å². The number of fused-ring (bicyclic) bond motifs is 3. The van der Waals surface area contributed by atoms with Gasteiger partial charge in [-0.25, -0.2) is 0 Å². The number of ketones is 2. The van der Waals surface area contributed by atoms with Gasteiger partial charge in [-0.15, -0.1) is 24.8 Å². The van der Waals surface area contributed by atoms with Gasteiger partial charge in [-0.3, -0.25) is 19.2 Å². The quantitative estimate of drug-likeness (QED) is 0.174. The molecule has 8 N–H and O–H groups in total. The molecule has 216 valence electrons. The van der Waals surface area contributed by atoms with Crippen LogP contribution in [0.15, 0.2) is 23.5 Å². The number of halogens is 2. The van der Waals surface area contributed by atoms with Gasteiger partial charge in [-0.1, -0.05) is 25.8 Å². The van der Waals surface area contributed by atoms with Crippen LogP contribution in [0.5, 0.6) is 5.75 Å². The first kappa shape index (κ1) is 32.5. The van der Waals surface area contributed by atoms with Crippen LogP contribution in [0.25, 0.3) is 0 Å². The second-order valence-electron chi connectivity index (χ2n) is 10.2. The molecule has 0 radical (unpaired) electrons. The average Bonchev–Trinajstić information content (AvgIpc) is 2.82. The van der Waals surface area contributed by atoms with E-state index in [1.54, 1.807) is 0 Å². The number of Topliss-reactive ketones (excluding diaryl/α,β-unsaturated/α-hetero) is 2. The minimum Gasteiger partial charge on any atom is -0.508 e. The van der Waals surface area contributed by atoms with Crippen LogP contribution >= 0.6 is 24.8 Å². The Kier molecular flexibility index (Phi) is 10.5. The summed E-state index contributed by atoms with van der Waals surface area (Å²) in [7, 11) is 0. The van der Waals surface area contributed by atoms with E-state index in [1.807, 2.05) is 0 Å². The molecule has 1 aromatic carbocycles. The van der Waals surface area contributed by atoms with E-state index in [9.17, 15) is 39.6 Å². The molecule has 0 spiro atoms. The topological polar surface area (TPSA) is 199 Å². The molecule has 3 aliphatic carbocycles. The Labute approximate surface area is 238 Å². The highest BCUT2D eigenvalue weighted by atomic mass is 35.5. The van der Waals surface area contributed by atoms with Crippen LogP contribution in [0, 0.1) is 11.8 Å². The number of aliphatic hydroxyl groups is 3. The van der Waals surface area contributed by atoms with E-state index in [4.69, 9.17) is 5.73 Å². The van der Waals surface area contributed by atoms with E-state index < -0.39 is 70.8 Å². The summed E-state index contributed by atoms with van der Waals surface area (Å²) in [6.45, 7) is 2.69. The number of primary amides is 1. The second kappa shape index (κ2) is 12.6. The summed E-state index contributed by atoms with van der Waals surface area (Å²) < 4.78 is 0. The fourth-order valence-corrected chi connectivity index (χ4v) is 5.96. The van der Waals surface area contributed by atoms with Crippen molar-refractivity contribution in [1.82, 2.24) is 5.32 Å². The zero-order chi connectivity index (χ0) is 27.1. The molecule has 2 amide bonds. The number of benzene rings is 1. The van der Waals surface area contributed by atoms with Gasteiger partial charge < -0.3 is 36.8 Å². The van der Waals surface area contributed by atoms with Crippen LogP contribution in [0.2, 0.25) is 0 Å². The number of rotatable bonds is 8. The van der Waals surface area contributed by atoms with Crippen LogP contribution in [0.4, 0.5) is 5.69 Å². The van der Waals surface area contributed by atoms with Crippen LogP contribution in [-0.4, -0.2) is 68.6 Å². The predicted octanol–water partition coefficient (Wildman–Crippen LogP) is 1.62. The van der Waals surface area contributed by atoms with E-state index in [-0.39, 0.29) is 66.6 Å². The molecule has 11 nitrogen and oxygen atoms in total. The molecule has 1 fully saturated rings. The van der Waals surface area contributed by atoms with Crippen molar-refractivity contribution < 1.29 is 39.6 Å². The summed E-state index contributed by atoms with van der Waals surface area (Å²) >= 11 is 0. The Balaban J connectivity index is 0.00000267. The molecule has 0 heterocycles. The molecule has 0 aromatic heterocycles. The Morgan fingerprint density at radius 3 is 2.46 bits per heavy atom. The molecule has 0 bridgehead atoms. The summed E-state index contributed by atoms with van der Waals surface area (Å²) in [6.07, 6.45) is 1.49. The molecule has 5 atom stereocenters. The van der Waals surface area contributed by atoms with Crippen LogP contribution in [0.3, 0.4) is 0 Å². The Morgan fingerprint density at radius 1 is 1.13 bits per heavy atom. The maximum absolute atomic E-state index is 13.6. The molecule has 1 aromatic rings. The lowest BCUT2D eigenvalue weighted by Crippen LogP contribution is -2.58. The van der Waals surface area contributed by atoms with E-state index >= 15 is 0 Å². The number of phenols is 1. The number of aliphatic hydroxyl groups excluding tert-OH is 2. The SMILES string of the molecule is CCCCCNCC(=O)Nc1ccc2c(c1O)C(=O)C1=C(O)C3(O)C(=O)CC(O)CC3CC1C2C(N)=O.Cl.Cl. The zero-order valence-electron chi connectivity index (χ0n) is 21.4. The maximum Gasteiger partial charge on any atom is 0.238 e. The summed E-state index contributed by atoms with van der Waals surface area (Å²) in [5.74, 6) is -7.51. The van der Waals surface area contributed by atoms with E-state index in [0.717, 1.165) is 19.3 Å². The van der Waals surface area contributed by atoms with Gasteiger partial charge in [0.1, 0.15) is 5.76 Å². The van der Waals surface area contributed by atoms with Crippen LogP contribution < -0.4 is 16.4 Å². The number of phenolic OH excluding ortho intramolecular Hbond substituents is 1. The predicted molar refractivity (Wildman–Crippen MR) is 146 cm³/mol. The van der Waals surface area contributed by atoms with Crippen molar-refractivity contribution >= 4 is 53.9 Å². The summed E-state index contributed by atoms with van der Waals surface area (Å²) in [5, 5.41) is 48.8. The number of unbranched alkanes of at least 4 members (excludes halogenated alkanes) is 2. The number of hydrogen-bond donors (Lipinski definition) is 7. The molecule has 39 heavy (non-hydrogen) atoms. The van der Waals surface area contributed by atoms with Gasteiger partial charge >= 0.3 is 0 Å². The molecular weight excluding hydrogens is 553 g/mol. The van der Waals surface area contributed by atoms with Crippen molar-refractivity contribution in [3.8, 4) is 5.75 Å². The first-order chi connectivity index (χ1) is 17.5. The molecule has 0 aliphatic heterocycles. The number of nitrogens with one attached hydrogen (secondary N) is 2. The third-order valence-corrected chi connectivity index (χ3v) is 7.76. The summed E-state index contributed by atoms with van der Waals surface area (Å²) in [6, 6.07) is 2.79. The highest BCUT2D eigenvalue weighted by molar-refractivity contribution is 6.17. The number of amides is 2. The highest BCUT2D eigenvalue weighted by Gasteiger charge is 2.60. The number of nitrogens with two attached hydrogens (primary N) is 1. The van der Waals surface area contributed by atoms with Crippen molar-refractivity contribution in [2.24, 2.45) is 17.6 Å². The molecule has 3 aliphatic rings. The van der Waals surface area contributed by atoms with Gasteiger partial charge in [0, 0.05) is 23.8 Å². The molecule has 5 unspecified atom stereocenters. The lowest BCUT2D eigenvalue weighted by Gasteiger charge is -2.48. The Bertz CT molecular complexity index is 1190. The van der Waals surface area contributed by atoms with Gasteiger partial charge in [0.15, 0.2) is 22.9 Å². The summed E-state index contributed by atoms with van der Waals surface area (Å²) in [4.78, 5) is 51.3. The van der Waals surface area contributed by atoms with Crippen molar-refractivity contribution in [3.05, 3.63) is 34.6 Å². The first-order valence-electron chi connectivity index (χ1n) is 12.6. The fourth-order valence-electron chi connectivity index (χ4n) is 5.96. The molecule has 0 saturated heterocycles. The normalized spacial score (nSPS) is 27.4. The van der Waals surface area contributed by atoms with Gasteiger partial charge in [-0.2, -0.15) is 0 Å². The monoisotopic (exact) mass is 587 g/mol. The van der Waals surface area contributed by atoms with Crippen LogP contribution in [0.1, 0.15) is 67.3 Å². The van der Waals surface area contributed by atoms with Gasteiger partial charge in [0.05, 0.1) is 29.8 Å². The number of allylic oxidation sites excluding steroid dienone is 1. The smallest absolute Gasteiger partial charge is 0.238 e. The van der Waals surface area contributed by atoms with Crippen LogP contribution in [-0.2, 0) is 14.4 Å². The Morgan fingerprint density at radius 2 is 1.82 bits per heavy atom. The van der Waals surface area contributed by atoms with Crippen molar-refractivity contribution in [2.75, 3.05) is 18.4 Å². The van der Waals surface area contributed by atoms with Crippen molar-refractivity contribution in [3.63, 3.8) is 0 Å². The standard InChI is InChI=1S/C26H33N3O8.2ClH/c1-2-3-4-7-28-11-18(32)29-16-6-5-14-19(25(27)36)15-9-12-8-13(30)10-17(31)26(12,37)24(35)21(15)23(34)20(14)22(16)33;;/h5-6,12-13,15,19,28,30,33,35,37H,2-4,7-11H2,1H3,(H2,27,36)(H,29,32);2*1H. The zero-order valence-corrected chi connectivity index (χ0v) is 23.1. The molecular formula is C26H35Cl2N3O8. The van der Waals surface area contributed by atoms with Gasteiger partial charge in [-0.05, 0) is 37.4 Å². The summed E-state index contributed by atoms with van der Waals surface area (Å²) in [5.41, 5.74) is 2.67. The lowest BCUT2D eigenvalue weighted by molar-refractivity contribution is -0.155. The number of hydrogen-bond acceptors (Lipinski definition) is 9. The van der Waals surface area contributed by atoms with Gasteiger partial charge in [0.2, 0.25) is 11.8 Å². The molecule has 1 saturated carbocycles. The average molecular weight is 588 g/mol. The fraction of sp³-hybridized carbons (Fsp3) is 0.538. The number of carbonyl (C=O) groups excluding carboxylic acids is 4. The third kappa shape index (κ3) is 5.64. The maximum atomic E-state index is 13.6. The number of aromatic hydroxyl groups is 1. The van der Waals surface area contributed by atoms with E-state index in [2.05, 4.69) is 17.6 Å². The second-order valence-corrected chi connectivity index (χ2v) is 10.2. The number of carbonyl (C=O) groups is 4. The lowest BCUT2D eigenvalue weighted by atomic mass is 9.57. The van der Waals surface area contributed by atoms with E-state index in [0.29, 0.717) is 6.54 Å². The van der Waals surface area contributed by atoms with Gasteiger partial charge in [0.25, 0.3) is 0 Å². The Hall–Kier alpha value is -2.70. The largest absolute Gasteiger partial charge is 0.508 e. The van der Waals surface area contributed by atoms with Crippen molar-refractivity contribution in [1.29, 1.82) is 0 Å².